The maximum atomic E-state index is 12.7. The minimum Gasteiger partial charge on any atom is -0.434 e. The standard InChI is InChI=1S/C20H13ClIN3O2/c1-11-13(20-25-18-17(27-20)6-3-9-23-18)4-2-5-16(11)24-19(26)14-10-12(22)7-8-15(14)21/h2-10H,1H3,(H,24,26). The van der Waals surface area contributed by atoms with E-state index in [4.69, 9.17) is 16.0 Å². The topological polar surface area (TPSA) is 68.0 Å². The first-order valence-corrected chi connectivity index (χ1v) is 9.56. The number of aromatic nitrogens is 2. The summed E-state index contributed by atoms with van der Waals surface area (Å²) in [5, 5.41) is 3.34. The van der Waals surface area contributed by atoms with Crippen molar-refractivity contribution in [2.75, 3.05) is 5.32 Å². The number of carbonyl (C=O) groups is 1. The highest BCUT2D eigenvalue weighted by molar-refractivity contribution is 14.1. The molecule has 0 bridgehead atoms. The van der Waals surface area contributed by atoms with E-state index >= 15 is 0 Å². The van der Waals surface area contributed by atoms with Crippen LogP contribution in [0.2, 0.25) is 5.02 Å². The van der Waals surface area contributed by atoms with E-state index in [1.54, 1.807) is 24.4 Å². The van der Waals surface area contributed by atoms with Gasteiger partial charge in [-0.15, -0.1) is 0 Å². The Kier molecular flexibility index (Phi) is 4.84. The van der Waals surface area contributed by atoms with Crippen molar-refractivity contribution >= 4 is 57.0 Å². The van der Waals surface area contributed by atoms with Gasteiger partial charge in [0.1, 0.15) is 0 Å². The average molecular weight is 490 g/mol. The predicted octanol–water partition coefficient (Wildman–Crippen LogP) is 5.71. The molecule has 0 unspecified atom stereocenters. The van der Waals surface area contributed by atoms with E-state index in [0.29, 0.717) is 33.4 Å². The number of oxazole rings is 1. The van der Waals surface area contributed by atoms with Gasteiger partial charge in [-0.1, -0.05) is 17.7 Å². The van der Waals surface area contributed by atoms with Crippen molar-refractivity contribution in [1.82, 2.24) is 9.97 Å². The summed E-state index contributed by atoms with van der Waals surface area (Å²) in [5.41, 5.74) is 3.90. The smallest absolute Gasteiger partial charge is 0.257 e. The van der Waals surface area contributed by atoms with Crippen molar-refractivity contribution in [3.05, 3.63) is 74.4 Å². The third kappa shape index (κ3) is 3.54. The Morgan fingerprint density at radius 1 is 1.19 bits per heavy atom. The summed E-state index contributed by atoms with van der Waals surface area (Å²) >= 11 is 8.32. The third-order valence-electron chi connectivity index (χ3n) is 4.15. The Morgan fingerprint density at radius 3 is 2.85 bits per heavy atom. The maximum absolute atomic E-state index is 12.7. The molecule has 4 rings (SSSR count). The third-order valence-corrected chi connectivity index (χ3v) is 5.15. The van der Waals surface area contributed by atoms with Crippen LogP contribution in [-0.2, 0) is 0 Å². The summed E-state index contributed by atoms with van der Waals surface area (Å²) in [5.74, 6) is 0.197. The molecule has 0 saturated carbocycles. The summed E-state index contributed by atoms with van der Waals surface area (Å²) in [6.45, 7) is 1.91. The number of hydrogen-bond donors (Lipinski definition) is 1. The van der Waals surface area contributed by atoms with Gasteiger partial charge in [-0.3, -0.25) is 4.79 Å². The van der Waals surface area contributed by atoms with Crippen LogP contribution in [0.15, 0.2) is 59.1 Å². The molecular weight excluding hydrogens is 477 g/mol. The van der Waals surface area contributed by atoms with E-state index in [0.717, 1.165) is 14.7 Å². The van der Waals surface area contributed by atoms with Crippen molar-refractivity contribution in [2.24, 2.45) is 0 Å². The molecule has 0 aliphatic heterocycles. The second-order valence-corrected chi connectivity index (χ2v) is 7.55. The molecule has 4 aromatic rings. The Bertz CT molecular complexity index is 1140. The van der Waals surface area contributed by atoms with Crippen molar-refractivity contribution in [1.29, 1.82) is 0 Å². The number of pyridine rings is 1. The molecule has 0 atom stereocenters. The highest BCUT2D eigenvalue weighted by Gasteiger charge is 2.16. The summed E-state index contributed by atoms with van der Waals surface area (Å²) < 4.78 is 6.74. The number of amides is 1. The zero-order valence-electron chi connectivity index (χ0n) is 14.2. The van der Waals surface area contributed by atoms with Gasteiger partial charge >= 0.3 is 0 Å². The van der Waals surface area contributed by atoms with Crippen LogP contribution in [-0.4, -0.2) is 15.9 Å². The minimum atomic E-state index is -0.266. The number of nitrogens with one attached hydrogen (secondary N) is 1. The second-order valence-electron chi connectivity index (χ2n) is 5.90. The lowest BCUT2D eigenvalue weighted by molar-refractivity contribution is 0.102. The molecule has 0 fully saturated rings. The first-order chi connectivity index (χ1) is 13.0. The highest BCUT2D eigenvalue weighted by Crippen LogP contribution is 2.30. The number of fused-ring (bicyclic) bond motifs is 1. The normalized spacial score (nSPS) is 10.9. The van der Waals surface area contributed by atoms with Gasteiger partial charge in [0.05, 0.1) is 10.6 Å². The maximum Gasteiger partial charge on any atom is 0.257 e. The molecule has 1 N–H and O–H groups in total. The number of hydrogen-bond acceptors (Lipinski definition) is 4. The molecule has 2 aromatic carbocycles. The summed E-state index contributed by atoms with van der Waals surface area (Å²) in [6.07, 6.45) is 1.67. The van der Waals surface area contributed by atoms with Gasteiger partial charge in [-0.25, -0.2) is 4.98 Å². The number of halogens is 2. The van der Waals surface area contributed by atoms with Crippen LogP contribution in [0.25, 0.3) is 22.7 Å². The molecule has 0 radical (unpaired) electrons. The van der Waals surface area contributed by atoms with Crippen LogP contribution in [0.4, 0.5) is 5.69 Å². The molecule has 0 spiro atoms. The lowest BCUT2D eigenvalue weighted by Gasteiger charge is -2.12. The predicted molar refractivity (Wildman–Crippen MR) is 114 cm³/mol. The summed E-state index contributed by atoms with van der Waals surface area (Å²) in [6, 6.07) is 14.5. The quantitative estimate of drug-likeness (QED) is 0.374. The number of nitrogens with zero attached hydrogens (tertiary/aromatic N) is 2. The van der Waals surface area contributed by atoms with E-state index in [1.165, 1.54) is 0 Å². The van der Waals surface area contributed by atoms with Gasteiger partial charge in [-0.2, -0.15) is 4.98 Å². The molecule has 5 nitrogen and oxygen atoms in total. The fourth-order valence-corrected chi connectivity index (χ4v) is 3.44. The fraction of sp³-hybridized carbons (Fsp3) is 0.0500. The van der Waals surface area contributed by atoms with Crippen molar-refractivity contribution in [2.45, 2.75) is 6.92 Å². The zero-order valence-corrected chi connectivity index (χ0v) is 17.1. The largest absolute Gasteiger partial charge is 0.434 e. The number of rotatable bonds is 3. The Labute approximate surface area is 173 Å². The van der Waals surface area contributed by atoms with E-state index in [-0.39, 0.29) is 5.91 Å². The number of anilines is 1. The van der Waals surface area contributed by atoms with Gasteiger partial charge < -0.3 is 9.73 Å². The van der Waals surface area contributed by atoms with E-state index < -0.39 is 0 Å². The van der Waals surface area contributed by atoms with Crippen molar-refractivity contribution in [3.63, 3.8) is 0 Å². The van der Waals surface area contributed by atoms with Gasteiger partial charge in [0.15, 0.2) is 11.2 Å². The molecule has 1 amide bonds. The molecular formula is C20H13ClIN3O2. The molecule has 0 saturated heterocycles. The fourth-order valence-electron chi connectivity index (χ4n) is 2.75. The molecule has 27 heavy (non-hydrogen) atoms. The number of carbonyl (C=O) groups excluding carboxylic acids is 1. The Balaban J connectivity index is 1.69. The van der Waals surface area contributed by atoms with Crippen molar-refractivity contribution in [3.8, 4) is 11.5 Å². The van der Waals surface area contributed by atoms with E-state index in [2.05, 4.69) is 37.9 Å². The van der Waals surface area contributed by atoms with Crippen molar-refractivity contribution < 1.29 is 9.21 Å². The van der Waals surface area contributed by atoms with Gasteiger partial charge in [0.25, 0.3) is 5.91 Å². The Hall–Kier alpha value is -2.45. The Morgan fingerprint density at radius 2 is 2.04 bits per heavy atom. The zero-order chi connectivity index (χ0) is 19.0. The molecule has 2 aromatic heterocycles. The minimum absolute atomic E-state index is 0.266. The number of benzene rings is 2. The van der Waals surface area contributed by atoms with E-state index in [1.807, 2.05) is 37.3 Å². The van der Waals surface area contributed by atoms with Gasteiger partial charge in [0, 0.05) is 21.0 Å². The lowest BCUT2D eigenvalue weighted by Crippen LogP contribution is -2.13. The average Bonchev–Trinajstić information content (AvgIpc) is 3.09. The first kappa shape index (κ1) is 17.9. The van der Waals surface area contributed by atoms with Crippen LogP contribution in [0.1, 0.15) is 15.9 Å². The molecule has 0 aliphatic carbocycles. The molecule has 0 aliphatic rings. The lowest BCUT2D eigenvalue weighted by atomic mass is 10.1. The molecule has 2 heterocycles. The van der Waals surface area contributed by atoms with Crippen LogP contribution >= 0.6 is 34.2 Å². The summed E-state index contributed by atoms with van der Waals surface area (Å²) in [7, 11) is 0. The first-order valence-electron chi connectivity index (χ1n) is 8.11. The summed E-state index contributed by atoms with van der Waals surface area (Å²) in [4.78, 5) is 21.3. The van der Waals surface area contributed by atoms with Gasteiger partial charge in [-0.05, 0) is 77.5 Å². The SMILES string of the molecule is Cc1c(NC(=O)c2cc(I)ccc2Cl)cccc1-c1nc2ncccc2o1. The highest BCUT2D eigenvalue weighted by atomic mass is 127. The van der Waals surface area contributed by atoms with Crippen LogP contribution in [0.5, 0.6) is 0 Å². The second kappa shape index (κ2) is 7.28. The van der Waals surface area contributed by atoms with Crippen LogP contribution in [0, 0.1) is 10.5 Å². The van der Waals surface area contributed by atoms with E-state index in [9.17, 15) is 4.79 Å². The van der Waals surface area contributed by atoms with Crippen LogP contribution in [0.3, 0.4) is 0 Å². The van der Waals surface area contributed by atoms with Gasteiger partial charge in [0.2, 0.25) is 5.89 Å². The van der Waals surface area contributed by atoms with Crippen LogP contribution < -0.4 is 5.32 Å². The monoisotopic (exact) mass is 489 g/mol. The molecule has 7 heteroatoms. The molecule has 134 valence electrons.